The molecule has 40 heteroatoms. The highest BCUT2D eigenvalue weighted by Gasteiger charge is 2.47. The Balaban J connectivity index is 0.000000286. The van der Waals surface area contributed by atoms with Gasteiger partial charge >= 0.3 is 55.6 Å². The van der Waals surface area contributed by atoms with Gasteiger partial charge in [0.25, 0.3) is 0 Å². The number of nitrogens with zero attached hydrogens (tertiary/aromatic N) is 3. The molecule has 112 heavy (non-hydrogen) atoms. The van der Waals surface area contributed by atoms with E-state index in [1.54, 1.807) is 0 Å². The zero-order chi connectivity index (χ0) is 84.7. The molecule has 9 rings (SSSR count). The highest BCUT2D eigenvalue weighted by atomic mass is 35.5. The van der Waals surface area contributed by atoms with Crippen LogP contribution in [0.25, 0.3) is 29.5 Å². The van der Waals surface area contributed by atoms with Crippen molar-refractivity contribution in [2.45, 2.75) is 124 Å². The van der Waals surface area contributed by atoms with Crippen molar-refractivity contribution in [3.8, 4) is 17.3 Å². The maximum atomic E-state index is 13.7. The molecule has 0 saturated heterocycles. The lowest BCUT2D eigenvalue weighted by Gasteiger charge is -2.20. The van der Waals surface area contributed by atoms with Crippen molar-refractivity contribution in [3.05, 3.63) is 235 Å². The van der Waals surface area contributed by atoms with E-state index in [1.807, 2.05) is 0 Å². The number of halogens is 28. The summed E-state index contributed by atoms with van der Waals surface area (Å²) in [5.41, 5.74) is -6.94. The van der Waals surface area contributed by atoms with Crippen molar-refractivity contribution in [2.75, 3.05) is 0 Å². The molecule has 0 bridgehead atoms. The standard InChI is InChI=1S/C26H18F9NO2.C21H15F9N2O2.C21H12F9NO.C4H5ClO.H3NO/c27-24(28,29)17-3-1-2-16(11-17)20(25(30,31)32)12-18(37)8-4-14-5-9-19(21(10-14)26(33,34)35)22-13-23(38-36-22)15-6-7-15;22-19(23,24)13-3-1-2-12(9-13)16(20(25,26)27)10-14(33)6-4-11-5-7-15(18(31)32-34)17(8-11)21(28,29)30;22-19(23,24)15-3-1-2-13(9-15)18(21(28,29)30)10-16(32)7-5-12-4-6-14(11-31)17(8-12)20(25,26)27;5-4(6)3-1-2-3;1-2/h1-5,8-11,13,15,20H,6-7,12H2;1-9,16,34H,10H2,(H2,31,32);1-9,18H,10H2;3H,1-2H2;2H,1H2/b8-4+;6-4+;7-5+;;. The second-order valence-electron chi connectivity index (χ2n) is 24.1. The lowest BCUT2D eigenvalue weighted by atomic mass is 9.91. The van der Waals surface area contributed by atoms with Crippen LogP contribution in [-0.2, 0) is 56.2 Å². The zero-order valence-corrected chi connectivity index (χ0v) is 56.8. The van der Waals surface area contributed by atoms with Gasteiger partial charge in [-0.3, -0.25) is 19.2 Å². The molecule has 6 aromatic carbocycles. The van der Waals surface area contributed by atoms with Crippen molar-refractivity contribution in [1.29, 1.82) is 5.26 Å². The summed E-state index contributed by atoms with van der Waals surface area (Å²) in [4.78, 5) is 46.5. The monoisotopic (exact) mass is 1650 g/mol. The molecule has 12 nitrogen and oxygen atoms in total. The van der Waals surface area contributed by atoms with Crippen LogP contribution >= 0.6 is 11.6 Å². The largest absolute Gasteiger partial charge is 0.417 e. The van der Waals surface area contributed by atoms with Crippen LogP contribution in [-0.4, -0.2) is 62.5 Å². The third-order valence-corrected chi connectivity index (χ3v) is 16.2. The normalized spacial score (nSPS) is 14.8. The molecule has 1 aromatic heterocycles. The zero-order valence-electron chi connectivity index (χ0n) is 56.0. The second-order valence-corrected chi connectivity index (χ2v) is 24.5. The molecule has 3 atom stereocenters. The molecule has 6 N–H and O–H groups in total. The summed E-state index contributed by atoms with van der Waals surface area (Å²) < 4.78 is 362. The number of carbonyl (C=O) groups is 4. The van der Waals surface area contributed by atoms with Crippen LogP contribution < -0.4 is 11.6 Å². The van der Waals surface area contributed by atoms with Crippen molar-refractivity contribution in [1.82, 2.24) is 5.16 Å². The van der Waals surface area contributed by atoms with Gasteiger partial charge in [-0.05, 0) is 137 Å². The highest BCUT2D eigenvalue weighted by Crippen LogP contribution is 2.47. The van der Waals surface area contributed by atoms with E-state index in [2.05, 4.69) is 16.2 Å². The van der Waals surface area contributed by atoms with Gasteiger partial charge in [0.15, 0.2) is 23.2 Å². The summed E-state index contributed by atoms with van der Waals surface area (Å²) in [6.07, 6.45) is -40.1. The van der Waals surface area contributed by atoms with Gasteiger partial charge < -0.3 is 20.7 Å². The van der Waals surface area contributed by atoms with Gasteiger partial charge in [-0.2, -0.15) is 124 Å². The van der Waals surface area contributed by atoms with Gasteiger partial charge in [0.1, 0.15) is 11.5 Å². The lowest BCUT2D eigenvalue weighted by molar-refractivity contribution is -0.156. The molecule has 2 fully saturated rings. The molecule has 0 spiro atoms. The maximum Gasteiger partial charge on any atom is 0.417 e. The summed E-state index contributed by atoms with van der Waals surface area (Å²) in [5, 5.41) is 29.9. The molecule has 3 unspecified atom stereocenters. The fourth-order valence-corrected chi connectivity index (χ4v) is 10.2. The second kappa shape index (κ2) is 37.2. The quantitative estimate of drug-likeness (QED) is 0.0113. The van der Waals surface area contributed by atoms with E-state index in [-0.39, 0.29) is 51.1 Å². The van der Waals surface area contributed by atoms with Gasteiger partial charge in [-0.15, -0.1) is 0 Å². The number of rotatable bonds is 19. The third kappa shape index (κ3) is 27.8. The number of alkyl halides is 27. The van der Waals surface area contributed by atoms with E-state index < -0.39 is 177 Å². The van der Waals surface area contributed by atoms with E-state index in [4.69, 9.17) is 37.5 Å². The Hall–Kier alpha value is -10.5. The smallest absolute Gasteiger partial charge is 0.409 e. The molecule has 2 saturated carbocycles. The van der Waals surface area contributed by atoms with E-state index >= 15 is 0 Å². The van der Waals surface area contributed by atoms with Crippen LogP contribution in [0.5, 0.6) is 0 Å². The van der Waals surface area contributed by atoms with Gasteiger partial charge in [0, 0.05) is 48.3 Å². The number of benzene rings is 6. The number of allylic oxidation sites excluding steroid dienone is 3. The predicted molar refractivity (Wildman–Crippen MR) is 345 cm³/mol. The summed E-state index contributed by atoms with van der Waals surface area (Å²) in [6.45, 7) is 0. The minimum atomic E-state index is -5.07. The first-order valence-corrected chi connectivity index (χ1v) is 31.8. The first-order chi connectivity index (χ1) is 51.6. The number of aromatic nitrogens is 1. The van der Waals surface area contributed by atoms with E-state index in [0.29, 0.717) is 66.5 Å². The number of nitriles is 1. The molecule has 1 heterocycles. The average molecular weight is 1650 g/mol. The molecule has 0 amide bonds. The number of amidine groups is 1. The molecule has 0 aliphatic heterocycles. The van der Waals surface area contributed by atoms with Gasteiger partial charge in [0.2, 0.25) is 5.24 Å². The average Bonchev–Trinajstić information content (AvgIpc) is 1.53. The van der Waals surface area contributed by atoms with Crippen LogP contribution in [0.2, 0.25) is 0 Å². The van der Waals surface area contributed by atoms with Crippen LogP contribution in [0.4, 0.5) is 119 Å². The molecule has 2 aliphatic rings. The van der Waals surface area contributed by atoms with Crippen LogP contribution in [0.15, 0.2) is 161 Å². The minimum Gasteiger partial charge on any atom is -0.409 e. The summed E-state index contributed by atoms with van der Waals surface area (Å²) >= 11 is 5.04. The topological polar surface area (TPSA) is 223 Å². The Morgan fingerprint density at radius 3 is 1.13 bits per heavy atom. The minimum absolute atomic E-state index is 0.0278. The Morgan fingerprint density at radius 1 is 0.482 bits per heavy atom. The van der Waals surface area contributed by atoms with Crippen LogP contribution in [0.3, 0.4) is 0 Å². The molecule has 7 aromatic rings. The van der Waals surface area contributed by atoms with E-state index in [1.165, 1.54) is 18.2 Å². The number of nitrogens with two attached hydrogens (primary N) is 2. The number of ketones is 3. The number of carbonyl (C=O) groups excluding carboxylic acids is 4. The van der Waals surface area contributed by atoms with Gasteiger partial charge in [-0.25, -0.2) is 5.90 Å². The fraction of sp³-hybridized carbons (Fsp3) is 0.292. The van der Waals surface area contributed by atoms with E-state index in [0.717, 1.165) is 117 Å². The molecule has 0 radical (unpaired) electrons. The van der Waals surface area contributed by atoms with Crippen molar-refractivity contribution >= 4 is 58.3 Å². The lowest BCUT2D eigenvalue weighted by Crippen LogP contribution is -2.23. The third-order valence-electron chi connectivity index (χ3n) is 15.9. The molecule has 604 valence electrons. The fourth-order valence-electron chi connectivity index (χ4n) is 10.0. The Bertz CT molecular complexity index is 4600. The number of oxime groups is 1. The first kappa shape index (κ1) is 92.1. The van der Waals surface area contributed by atoms with Crippen LogP contribution in [0, 0.1) is 17.2 Å². The Morgan fingerprint density at radius 2 is 0.830 bits per heavy atom. The van der Waals surface area contributed by atoms with Crippen molar-refractivity contribution in [2.24, 2.45) is 22.7 Å². The Kier molecular flexibility index (Phi) is 30.6. The number of hydrogen-bond acceptors (Lipinski definition) is 11. The maximum absolute atomic E-state index is 13.7. The van der Waals surface area contributed by atoms with Crippen molar-refractivity contribution < 1.29 is 153 Å². The van der Waals surface area contributed by atoms with Gasteiger partial charge in [-0.1, -0.05) is 107 Å². The number of hydrogen-bond donors (Lipinski definition) is 4. The SMILES string of the molecule is N#Cc1ccc(/C=C/C(=O)CC(c2cccc(C(F)(F)F)c2)C(F)(F)F)cc1C(F)(F)F.NC(=NO)c1ccc(/C=C/C(=O)CC(c2cccc(C(F)(F)F)c2)C(F)(F)F)cc1C(F)(F)F.NO.O=C(/C=C/c1ccc(-c2cc(C3CC3)on2)c(C(F)(F)F)c1)CC(c1cccc(C(F)(F)F)c1)C(F)(F)F.O=C(Cl)C1CC1. The molecule has 2 aliphatic carbocycles. The van der Waals surface area contributed by atoms with Gasteiger partial charge in [0.05, 0.1) is 62.8 Å². The Labute approximate surface area is 619 Å². The summed E-state index contributed by atoms with van der Waals surface area (Å²) in [5.74, 6) is -7.65. The first-order valence-electron chi connectivity index (χ1n) is 31.4. The van der Waals surface area contributed by atoms with Crippen LogP contribution in [0.1, 0.15) is 152 Å². The highest BCUT2D eigenvalue weighted by molar-refractivity contribution is 6.64. The van der Waals surface area contributed by atoms with Crippen molar-refractivity contribution in [3.63, 3.8) is 0 Å². The van der Waals surface area contributed by atoms with E-state index in [9.17, 15) is 138 Å². The summed E-state index contributed by atoms with van der Waals surface area (Å²) in [7, 11) is 0. The molecular weight excluding hydrogens is 1600 g/mol. The molecular formula is C72H53ClF27N5O7. The summed E-state index contributed by atoms with van der Waals surface area (Å²) in [6, 6.07) is 18.2. The predicted octanol–water partition coefficient (Wildman–Crippen LogP) is 22.1.